The number of alkyl halides is 1. The molecule has 1 aromatic rings. The third-order valence-corrected chi connectivity index (χ3v) is 2.95. The molecular weight excluding hydrogens is 261 g/mol. The van der Waals surface area contributed by atoms with E-state index in [2.05, 4.69) is 21.2 Å². The Kier molecular flexibility index (Phi) is 4.27. The van der Waals surface area contributed by atoms with Gasteiger partial charge in [0.1, 0.15) is 5.82 Å². The van der Waals surface area contributed by atoms with E-state index in [0.29, 0.717) is 5.33 Å². The summed E-state index contributed by atoms with van der Waals surface area (Å²) in [4.78, 5) is 11.6. The highest BCUT2D eigenvalue weighted by molar-refractivity contribution is 9.09. The monoisotopic (exact) mass is 273 g/mol. The molecule has 0 aromatic heterocycles. The molecule has 4 heteroatoms. The second-order valence-corrected chi connectivity index (χ2v) is 4.16. The van der Waals surface area contributed by atoms with Crippen molar-refractivity contribution in [3.05, 3.63) is 35.1 Å². The van der Waals surface area contributed by atoms with Crippen molar-refractivity contribution in [1.82, 2.24) is 5.32 Å². The Morgan fingerprint density at radius 1 is 1.60 bits per heavy atom. The molecule has 0 saturated heterocycles. The van der Waals surface area contributed by atoms with Crippen molar-refractivity contribution in [2.75, 3.05) is 5.33 Å². The number of benzene rings is 1. The fourth-order valence-corrected chi connectivity index (χ4v) is 1.31. The van der Waals surface area contributed by atoms with E-state index < -0.39 is 5.82 Å². The van der Waals surface area contributed by atoms with Crippen molar-refractivity contribution in [1.29, 1.82) is 0 Å². The van der Waals surface area contributed by atoms with Crippen LogP contribution in [0.4, 0.5) is 4.39 Å². The summed E-state index contributed by atoms with van der Waals surface area (Å²) in [6.07, 6.45) is 0. The number of nitrogens with one attached hydrogen (secondary N) is 1. The van der Waals surface area contributed by atoms with Gasteiger partial charge in [-0.3, -0.25) is 4.79 Å². The molecule has 0 fully saturated rings. The molecule has 1 atom stereocenters. The zero-order chi connectivity index (χ0) is 11.4. The normalized spacial score (nSPS) is 12.3. The van der Waals surface area contributed by atoms with Crippen LogP contribution in [-0.2, 0) is 0 Å². The lowest BCUT2D eigenvalue weighted by Crippen LogP contribution is -2.34. The van der Waals surface area contributed by atoms with E-state index in [1.165, 1.54) is 12.1 Å². The van der Waals surface area contributed by atoms with Crippen LogP contribution < -0.4 is 5.32 Å². The number of aryl methyl sites for hydroxylation is 1. The number of halogens is 2. The first-order chi connectivity index (χ1) is 7.04. The Balaban J connectivity index is 2.82. The number of carbonyl (C=O) groups is 1. The van der Waals surface area contributed by atoms with Gasteiger partial charge in [0.05, 0.1) is 5.56 Å². The highest BCUT2D eigenvalue weighted by Gasteiger charge is 2.13. The van der Waals surface area contributed by atoms with E-state index in [0.717, 1.165) is 5.56 Å². The van der Waals surface area contributed by atoms with Crippen LogP contribution in [0.5, 0.6) is 0 Å². The molecule has 1 aromatic carbocycles. The summed E-state index contributed by atoms with van der Waals surface area (Å²) >= 11 is 3.24. The predicted octanol–water partition coefficient (Wildman–Crippen LogP) is 2.65. The van der Waals surface area contributed by atoms with E-state index in [-0.39, 0.29) is 17.5 Å². The van der Waals surface area contributed by atoms with Gasteiger partial charge < -0.3 is 5.32 Å². The minimum Gasteiger partial charge on any atom is -0.349 e. The molecule has 82 valence electrons. The lowest BCUT2D eigenvalue weighted by molar-refractivity contribution is 0.0940. The summed E-state index contributed by atoms with van der Waals surface area (Å²) in [6.45, 7) is 3.63. The quantitative estimate of drug-likeness (QED) is 0.843. The van der Waals surface area contributed by atoms with Gasteiger partial charge in [0, 0.05) is 11.4 Å². The maximum Gasteiger partial charge on any atom is 0.254 e. The van der Waals surface area contributed by atoms with Crippen molar-refractivity contribution in [2.45, 2.75) is 19.9 Å². The molecule has 0 saturated carbocycles. The van der Waals surface area contributed by atoms with Gasteiger partial charge in [-0.1, -0.05) is 22.0 Å². The van der Waals surface area contributed by atoms with Gasteiger partial charge in [0.2, 0.25) is 0 Å². The zero-order valence-electron chi connectivity index (χ0n) is 8.68. The highest BCUT2D eigenvalue weighted by Crippen LogP contribution is 2.10. The van der Waals surface area contributed by atoms with Gasteiger partial charge in [-0.25, -0.2) is 4.39 Å². The number of hydrogen-bond acceptors (Lipinski definition) is 1. The summed E-state index contributed by atoms with van der Waals surface area (Å²) in [6, 6.07) is 4.56. The molecular formula is C11H13BrFNO. The number of amides is 1. The van der Waals surface area contributed by atoms with Gasteiger partial charge >= 0.3 is 0 Å². The first-order valence-corrected chi connectivity index (χ1v) is 5.79. The van der Waals surface area contributed by atoms with Crippen LogP contribution >= 0.6 is 15.9 Å². The molecule has 15 heavy (non-hydrogen) atoms. The Morgan fingerprint density at radius 2 is 2.27 bits per heavy atom. The van der Waals surface area contributed by atoms with Crippen molar-refractivity contribution in [3.63, 3.8) is 0 Å². The van der Waals surface area contributed by atoms with Crippen LogP contribution in [0.25, 0.3) is 0 Å². The molecule has 0 bridgehead atoms. The van der Waals surface area contributed by atoms with Gasteiger partial charge in [0.15, 0.2) is 0 Å². The van der Waals surface area contributed by atoms with Crippen molar-refractivity contribution >= 4 is 21.8 Å². The van der Waals surface area contributed by atoms with E-state index in [1.807, 2.05) is 6.92 Å². The Labute approximate surface area is 97.0 Å². The first kappa shape index (κ1) is 12.2. The average molecular weight is 274 g/mol. The van der Waals surface area contributed by atoms with Crippen LogP contribution in [-0.4, -0.2) is 17.3 Å². The maximum atomic E-state index is 13.4. The summed E-state index contributed by atoms with van der Waals surface area (Å²) in [5, 5.41) is 3.33. The lowest BCUT2D eigenvalue weighted by Gasteiger charge is -2.11. The molecule has 1 rings (SSSR count). The van der Waals surface area contributed by atoms with E-state index in [1.54, 1.807) is 13.0 Å². The molecule has 0 radical (unpaired) electrons. The second kappa shape index (κ2) is 5.26. The average Bonchev–Trinajstić information content (AvgIpc) is 2.17. The summed E-state index contributed by atoms with van der Waals surface area (Å²) in [5.74, 6) is -0.853. The molecule has 1 N–H and O–H groups in total. The summed E-state index contributed by atoms with van der Waals surface area (Å²) < 4.78 is 13.4. The summed E-state index contributed by atoms with van der Waals surface area (Å²) in [7, 11) is 0. The largest absolute Gasteiger partial charge is 0.349 e. The fourth-order valence-electron chi connectivity index (χ4n) is 1.14. The Bertz CT molecular complexity index is 368. The van der Waals surface area contributed by atoms with Crippen LogP contribution in [0, 0.1) is 12.7 Å². The lowest BCUT2D eigenvalue weighted by atomic mass is 10.1. The molecule has 2 nitrogen and oxygen atoms in total. The van der Waals surface area contributed by atoms with Crippen molar-refractivity contribution in [2.24, 2.45) is 0 Å². The van der Waals surface area contributed by atoms with Crippen LogP contribution in [0.1, 0.15) is 22.8 Å². The fraction of sp³-hybridized carbons (Fsp3) is 0.364. The van der Waals surface area contributed by atoms with Crippen LogP contribution in [0.2, 0.25) is 0 Å². The molecule has 0 aliphatic carbocycles. The van der Waals surface area contributed by atoms with Crippen molar-refractivity contribution in [3.8, 4) is 0 Å². The zero-order valence-corrected chi connectivity index (χ0v) is 10.3. The van der Waals surface area contributed by atoms with Gasteiger partial charge in [-0.2, -0.15) is 0 Å². The standard InChI is InChI=1S/C11H13BrFNO/c1-7-3-4-9(10(13)5-7)11(15)14-8(2)6-12/h3-5,8H,6H2,1-2H3,(H,14,15). The van der Waals surface area contributed by atoms with Gasteiger partial charge in [-0.15, -0.1) is 0 Å². The van der Waals surface area contributed by atoms with Gasteiger partial charge in [-0.05, 0) is 31.5 Å². The summed E-state index contributed by atoms with van der Waals surface area (Å²) in [5.41, 5.74) is 0.894. The molecule has 0 aliphatic rings. The Morgan fingerprint density at radius 3 is 2.80 bits per heavy atom. The van der Waals surface area contributed by atoms with Gasteiger partial charge in [0.25, 0.3) is 5.91 Å². The topological polar surface area (TPSA) is 29.1 Å². The Hall–Kier alpha value is -0.900. The molecule has 1 unspecified atom stereocenters. The minimum atomic E-state index is -0.478. The first-order valence-electron chi connectivity index (χ1n) is 4.67. The third-order valence-electron chi connectivity index (χ3n) is 1.98. The molecule has 0 aliphatic heterocycles. The third kappa shape index (κ3) is 3.30. The highest BCUT2D eigenvalue weighted by atomic mass is 79.9. The van der Waals surface area contributed by atoms with Crippen LogP contribution in [0.15, 0.2) is 18.2 Å². The predicted molar refractivity (Wildman–Crippen MR) is 61.9 cm³/mol. The molecule has 0 heterocycles. The second-order valence-electron chi connectivity index (χ2n) is 3.51. The van der Waals surface area contributed by atoms with Crippen LogP contribution in [0.3, 0.4) is 0 Å². The SMILES string of the molecule is Cc1ccc(C(=O)NC(C)CBr)c(F)c1. The number of rotatable bonds is 3. The number of hydrogen-bond donors (Lipinski definition) is 1. The smallest absolute Gasteiger partial charge is 0.254 e. The maximum absolute atomic E-state index is 13.4. The van der Waals surface area contributed by atoms with E-state index in [4.69, 9.17) is 0 Å². The van der Waals surface area contributed by atoms with E-state index in [9.17, 15) is 9.18 Å². The van der Waals surface area contributed by atoms with E-state index >= 15 is 0 Å². The number of carbonyl (C=O) groups excluding carboxylic acids is 1. The molecule has 1 amide bonds. The molecule has 0 spiro atoms. The minimum absolute atomic E-state index is 0.0156. The van der Waals surface area contributed by atoms with Crippen molar-refractivity contribution < 1.29 is 9.18 Å².